The molecule has 1 fully saturated rings. The highest BCUT2D eigenvalue weighted by Crippen LogP contribution is 2.23. The van der Waals surface area contributed by atoms with E-state index >= 15 is 0 Å². The van der Waals surface area contributed by atoms with Gasteiger partial charge in [-0.2, -0.15) is 0 Å². The van der Waals surface area contributed by atoms with Gasteiger partial charge in [-0.05, 0) is 44.9 Å². The van der Waals surface area contributed by atoms with E-state index in [4.69, 9.17) is 18.9 Å². The van der Waals surface area contributed by atoms with Crippen LogP contribution in [0.2, 0.25) is 0 Å². The fourth-order valence-electron chi connectivity index (χ4n) is 8.15. The number of ether oxygens (including phenoxy) is 4. The number of esters is 2. The molecule has 0 spiro atoms. The molecular formula is C53H96O11. The van der Waals surface area contributed by atoms with Crippen molar-refractivity contribution in [3.8, 4) is 0 Å². The van der Waals surface area contributed by atoms with E-state index in [0.717, 1.165) is 51.4 Å². The van der Waals surface area contributed by atoms with Gasteiger partial charge in [0, 0.05) is 12.8 Å². The minimum Gasteiger partial charge on any atom is -0.479 e. The van der Waals surface area contributed by atoms with Crippen molar-refractivity contribution in [3.63, 3.8) is 0 Å². The van der Waals surface area contributed by atoms with Crippen LogP contribution in [0.15, 0.2) is 24.3 Å². The number of carbonyl (C=O) groups excluding carboxylic acids is 2. The molecule has 4 N–H and O–H groups in total. The molecule has 1 aliphatic rings. The predicted octanol–water partition coefficient (Wildman–Crippen LogP) is 12.5. The maximum absolute atomic E-state index is 12.8. The molecule has 0 bridgehead atoms. The molecule has 6 atom stereocenters. The monoisotopic (exact) mass is 909 g/mol. The molecule has 0 aromatic heterocycles. The van der Waals surface area contributed by atoms with Gasteiger partial charge in [0.2, 0.25) is 0 Å². The average molecular weight is 909 g/mol. The van der Waals surface area contributed by atoms with Gasteiger partial charge in [0.15, 0.2) is 18.5 Å². The van der Waals surface area contributed by atoms with Crippen LogP contribution in [0.4, 0.5) is 0 Å². The van der Waals surface area contributed by atoms with Crippen molar-refractivity contribution in [2.45, 2.75) is 282 Å². The lowest BCUT2D eigenvalue weighted by Gasteiger charge is -2.38. The molecule has 1 saturated heterocycles. The van der Waals surface area contributed by atoms with E-state index in [1.54, 1.807) is 0 Å². The number of hydrogen-bond donors (Lipinski definition) is 4. The van der Waals surface area contributed by atoms with Crippen molar-refractivity contribution in [1.29, 1.82) is 0 Å². The maximum atomic E-state index is 12.8. The summed E-state index contributed by atoms with van der Waals surface area (Å²) < 4.78 is 21.8. The zero-order chi connectivity index (χ0) is 46.7. The molecule has 1 rings (SSSR count). The number of aliphatic hydroxyl groups is 3. The van der Waals surface area contributed by atoms with Crippen molar-refractivity contribution in [2.24, 2.45) is 0 Å². The third-order valence-corrected chi connectivity index (χ3v) is 12.3. The number of aliphatic hydroxyl groups excluding tert-OH is 3. The quantitative estimate of drug-likeness (QED) is 0.0261. The number of carboxylic acids is 1. The highest BCUT2D eigenvalue weighted by Gasteiger charge is 2.47. The van der Waals surface area contributed by atoms with Gasteiger partial charge in [-0.3, -0.25) is 9.59 Å². The van der Waals surface area contributed by atoms with Crippen molar-refractivity contribution in [1.82, 2.24) is 0 Å². The van der Waals surface area contributed by atoms with Gasteiger partial charge in [0.05, 0.1) is 6.61 Å². The first-order valence-corrected chi connectivity index (χ1v) is 26.4. The van der Waals surface area contributed by atoms with Gasteiger partial charge in [-0.15, -0.1) is 0 Å². The second-order valence-electron chi connectivity index (χ2n) is 18.4. The largest absolute Gasteiger partial charge is 0.479 e. The van der Waals surface area contributed by atoms with Gasteiger partial charge >= 0.3 is 17.9 Å². The van der Waals surface area contributed by atoms with Gasteiger partial charge in [0.1, 0.15) is 24.9 Å². The van der Waals surface area contributed by atoms with Gasteiger partial charge in [-0.1, -0.05) is 212 Å². The lowest BCUT2D eigenvalue weighted by molar-refractivity contribution is -0.298. The first kappa shape index (κ1) is 59.7. The molecule has 11 heteroatoms. The second-order valence-corrected chi connectivity index (χ2v) is 18.4. The number of hydrogen-bond acceptors (Lipinski definition) is 10. The lowest BCUT2D eigenvalue weighted by Crippen LogP contribution is -2.60. The van der Waals surface area contributed by atoms with E-state index in [-0.39, 0.29) is 26.1 Å². The highest BCUT2D eigenvalue weighted by atomic mass is 16.7. The molecule has 0 aromatic carbocycles. The average Bonchev–Trinajstić information content (AvgIpc) is 3.28. The van der Waals surface area contributed by atoms with Gasteiger partial charge in [-0.25, -0.2) is 4.79 Å². The Bertz CT molecular complexity index is 1160. The van der Waals surface area contributed by atoms with Crippen LogP contribution in [-0.4, -0.2) is 88.4 Å². The van der Waals surface area contributed by atoms with Crippen LogP contribution in [0, 0.1) is 0 Å². The molecule has 1 heterocycles. The Labute approximate surface area is 389 Å². The molecule has 0 amide bonds. The number of carbonyl (C=O) groups is 3. The molecule has 11 nitrogen and oxygen atoms in total. The van der Waals surface area contributed by atoms with Crippen LogP contribution in [0.25, 0.3) is 0 Å². The summed E-state index contributed by atoms with van der Waals surface area (Å²) in [4.78, 5) is 37.0. The fraction of sp³-hybridized carbons (Fsp3) is 0.868. The van der Waals surface area contributed by atoms with Crippen LogP contribution in [0.5, 0.6) is 0 Å². The SMILES string of the molecule is CCCCCCC/C=C\C/C=C\CCCCCCCCCCCC(=O)OCC(COC1OC(C(=O)O)C(O)C(O)C1O)OC(=O)CCCCCCCCCCCCCCCCCCC. The minimum atomic E-state index is -1.86. The molecule has 6 unspecified atom stereocenters. The third-order valence-electron chi connectivity index (χ3n) is 12.3. The molecule has 0 aromatic rings. The molecule has 374 valence electrons. The van der Waals surface area contributed by atoms with Crippen LogP contribution in [0.3, 0.4) is 0 Å². The van der Waals surface area contributed by atoms with Crippen molar-refractivity contribution < 1.29 is 53.8 Å². The molecule has 1 aliphatic heterocycles. The number of allylic oxidation sites excluding steroid dienone is 4. The summed E-state index contributed by atoms with van der Waals surface area (Å²) in [5.74, 6) is -2.43. The summed E-state index contributed by atoms with van der Waals surface area (Å²) in [7, 11) is 0. The van der Waals surface area contributed by atoms with E-state index in [9.17, 15) is 34.8 Å². The van der Waals surface area contributed by atoms with Crippen LogP contribution >= 0.6 is 0 Å². The Kier molecular flexibility index (Phi) is 40.4. The van der Waals surface area contributed by atoms with E-state index in [2.05, 4.69) is 38.2 Å². The van der Waals surface area contributed by atoms with E-state index in [0.29, 0.717) is 12.8 Å². The minimum absolute atomic E-state index is 0.187. The summed E-state index contributed by atoms with van der Waals surface area (Å²) >= 11 is 0. The molecule has 64 heavy (non-hydrogen) atoms. The molecular weight excluding hydrogens is 813 g/mol. The smallest absolute Gasteiger partial charge is 0.335 e. The molecule has 0 radical (unpaired) electrons. The Morgan fingerprint density at radius 2 is 0.875 bits per heavy atom. The van der Waals surface area contributed by atoms with Gasteiger partial charge < -0.3 is 39.4 Å². The van der Waals surface area contributed by atoms with Gasteiger partial charge in [0.25, 0.3) is 0 Å². The number of unbranched alkanes of at least 4 members (excludes halogenated alkanes) is 30. The van der Waals surface area contributed by atoms with E-state index < -0.39 is 54.7 Å². The zero-order valence-electron chi connectivity index (χ0n) is 40.8. The Morgan fingerprint density at radius 3 is 1.30 bits per heavy atom. The standard InChI is InChI=1S/C53H96O11/c1-3-5-7-9-11-13-15-17-19-21-22-23-24-26-27-29-31-33-35-37-39-41-46(54)61-43-45(44-62-53-50(58)48(56)49(57)51(64-53)52(59)60)63-47(55)42-40-38-36-34-32-30-28-25-20-18-16-14-12-10-8-6-4-2/h15,17,21-22,45,48-51,53,56-58H,3-14,16,18-20,23-44H2,1-2H3,(H,59,60)/b17-15-,22-21-. The topological polar surface area (TPSA) is 169 Å². The normalized spacial score (nSPS) is 19.4. The third kappa shape index (κ3) is 34.1. The van der Waals surface area contributed by atoms with Crippen molar-refractivity contribution >= 4 is 17.9 Å². The Morgan fingerprint density at radius 1 is 0.484 bits per heavy atom. The van der Waals surface area contributed by atoms with Crippen molar-refractivity contribution in [2.75, 3.05) is 13.2 Å². The van der Waals surface area contributed by atoms with E-state index in [1.807, 2.05) is 0 Å². The maximum Gasteiger partial charge on any atom is 0.335 e. The second kappa shape index (κ2) is 43.3. The van der Waals surface area contributed by atoms with Crippen LogP contribution < -0.4 is 0 Å². The van der Waals surface area contributed by atoms with Crippen LogP contribution in [-0.2, 0) is 33.3 Å². The summed E-state index contributed by atoms with van der Waals surface area (Å²) in [5, 5.41) is 40.0. The highest BCUT2D eigenvalue weighted by molar-refractivity contribution is 5.73. The Hall–Kier alpha value is -2.31. The molecule has 0 saturated carbocycles. The van der Waals surface area contributed by atoms with E-state index in [1.165, 1.54) is 154 Å². The van der Waals surface area contributed by atoms with Crippen LogP contribution in [0.1, 0.15) is 245 Å². The summed E-state index contributed by atoms with van der Waals surface area (Å²) in [6.07, 6.45) is 40.8. The summed E-state index contributed by atoms with van der Waals surface area (Å²) in [5.41, 5.74) is 0. The number of aliphatic carboxylic acids is 1. The van der Waals surface area contributed by atoms with Crippen molar-refractivity contribution in [3.05, 3.63) is 24.3 Å². The summed E-state index contributed by atoms with van der Waals surface area (Å²) in [6, 6.07) is 0. The predicted molar refractivity (Wildman–Crippen MR) is 257 cm³/mol. The first-order valence-electron chi connectivity index (χ1n) is 26.4. The zero-order valence-corrected chi connectivity index (χ0v) is 40.8. The molecule has 0 aliphatic carbocycles. The lowest BCUT2D eigenvalue weighted by atomic mass is 9.99. The fourth-order valence-corrected chi connectivity index (χ4v) is 8.15. The number of carboxylic acid groups (broad SMARTS) is 1. The Balaban J connectivity index is 2.28. The number of rotatable bonds is 45. The first-order chi connectivity index (χ1) is 31.2. The summed E-state index contributed by atoms with van der Waals surface area (Å²) in [6.45, 7) is 3.84.